The van der Waals surface area contributed by atoms with Gasteiger partial charge in [0.1, 0.15) is 5.54 Å². The predicted molar refractivity (Wildman–Crippen MR) is 74.1 cm³/mol. The second-order valence-electron chi connectivity index (χ2n) is 4.96. The van der Waals surface area contributed by atoms with Crippen LogP contribution in [0.5, 0.6) is 0 Å². The average molecular weight is 319 g/mol. The first kappa shape index (κ1) is 15.2. The molecule has 8 heteroatoms. The van der Waals surface area contributed by atoms with Crippen molar-refractivity contribution in [1.29, 1.82) is 0 Å². The summed E-state index contributed by atoms with van der Waals surface area (Å²) >= 11 is 5.83. The van der Waals surface area contributed by atoms with E-state index in [1.165, 1.54) is 6.07 Å². The lowest BCUT2D eigenvalue weighted by Gasteiger charge is -2.20. The second-order valence-corrected chi connectivity index (χ2v) is 7.30. The summed E-state index contributed by atoms with van der Waals surface area (Å²) in [6.45, 7) is 1.50. The fourth-order valence-corrected chi connectivity index (χ4v) is 4.17. The first-order valence-corrected chi connectivity index (χ1v) is 7.77. The maximum absolute atomic E-state index is 12.5. The fraction of sp³-hybridized carbons (Fsp3) is 0.417. The maximum Gasteiger partial charge on any atom is 0.325 e. The third kappa shape index (κ3) is 2.54. The van der Waals surface area contributed by atoms with E-state index in [0.717, 1.165) is 4.31 Å². The molecule has 0 saturated carbocycles. The van der Waals surface area contributed by atoms with Crippen LogP contribution in [0.4, 0.5) is 0 Å². The molecule has 0 radical (unpaired) electrons. The molecule has 6 nitrogen and oxygen atoms in total. The van der Waals surface area contributed by atoms with Gasteiger partial charge in [0.05, 0.1) is 4.90 Å². The smallest absolute Gasteiger partial charge is 0.325 e. The van der Waals surface area contributed by atoms with Gasteiger partial charge in [0.2, 0.25) is 10.0 Å². The maximum atomic E-state index is 12.5. The Kier molecular flexibility index (Phi) is 3.81. The van der Waals surface area contributed by atoms with E-state index < -0.39 is 21.5 Å². The van der Waals surface area contributed by atoms with Gasteiger partial charge in [0.25, 0.3) is 0 Å². The Bertz CT molecular complexity index is 661. The molecule has 1 fully saturated rings. The van der Waals surface area contributed by atoms with Crippen molar-refractivity contribution in [2.45, 2.75) is 23.8 Å². The molecule has 3 N–H and O–H groups in total. The molecular formula is C12H15ClN2O4S. The number of nitrogens with zero attached hydrogens (tertiary/aromatic N) is 1. The molecule has 1 aliphatic heterocycles. The van der Waals surface area contributed by atoms with E-state index in [-0.39, 0.29) is 24.4 Å². The molecule has 0 spiro atoms. The number of benzene rings is 1. The highest BCUT2D eigenvalue weighted by Gasteiger charge is 2.45. The standard InChI is InChI=1S/C12H15ClN2O4S/c1-8-2-3-9(13)6-10(8)20(18,19)15-5-4-12(14,7-15)11(16)17/h2-3,6H,4-5,7,14H2,1H3,(H,16,17). The molecular weight excluding hydrogens is 304 g/mol. The predicted octanol–water partition coefficient (Wildman–Crippen LogP) is 0.825. The van der Waals surface area contributed by atoms with E-state index in [2.05, 4.69) is 0 Å². The molecule has 0 amide bonds. The van der Waals surface area contributed by atoms with Crippen LogP contribution in [-0.2, 0) is 14.8 Å². The van der Waals surface area contributed by atoms with Gasteiger partial charge in [-0.2, -0.15) is 4.31 Å². The first-order chi connectivity index (χ1) is 9.17. The molecule has 0 bridgehead atoms. The molecule has 110 valence electrons. The topological polar surface area (TPSA) is 101 Å². The SMILES string of the molecule is Cc1ccc(Cl)cc1S(=O)(=O)N1CCC(N)(C(=O)O)C1. The van der Waals surface area contributed by atoms with E-state index in [1.807, 2.05) is 0 Å². The number of rotatable bonds is 3. The number of carbonyl (C=O) groups is 1. The third-order valence-corrected chi connectivity index (χ3v) is 5.68. The normalized spacial score (nSPS) is 23.9. The summed E-state index contributed by atoms with van der Waals surface area (Å²) in [6.07, 6.45) is 0.0845. The average Bonchev–Trinajstić information content (AvgIpc) is 2.77. The Morgan fingerprint density at radius 2 is 2.15 bits per heavy atom. The van der Waals surface area contributed by atoms with Crippen LogP contribution in [0.1, 0.15) is 12.0 Å². The van der Waals surface area contributed by atoms with Crippen molar-refractivity contribution in [2.75, 3.05) is 13.1 Å². The molecule has 1 atom stereocenters. The summed E-state index contributed by atoms with van der Waals surface area (Å²) in [6, 6.07) is 4.58. The van der Waals surface area contributed by atoms with Gasteiger partial charge in [0.15, 0.2) is 0 Å². The molecule has 1 aliphatic rings. The Balaban J connectivity index is 2.38. The molecule has 0 aromatic heterocycles. The van der Waals surface area contributed by atoms with Crippen molar-refractivity contribution in [1.82, 2.24) is 4.31 Å². The van der Waals surface area contributed by atoms with Gasteiger partial charge in [-0.1, -0.05) is 17.7 Å². The molecule has 0 aliphatic carbocycles. The number of sulfonamides is 1. The summed E-state index contributed by atoms with van der Waals surface area (Å²) in [5, 5.41) is 9.37. The summed E-state index contributed by atoms with van der Waals surface area (Å²) in [7, 11) is -3.79. The van der Waals surface area contributed by atoms with Crippen LogP contribution in [0, 0.1) is 6.92 Å². The number of aryl methyl sites for hydroxylation is 1. The zero-order valence-electron chi connectivity index (χ0n) is 10.8. The number of aliphatic carboxylic acids is 1. The summed E-state index contributed by atoms with van der Waals surface area (Å²) < 4.78 is 26.2. The Hall–Kier alpha value is -1.15. The highest BCUT2D eigenvalue weighted by molar-refractivity contribution is 7.89. The molecule has 1 heterocycles. The minimum atomic E-state index is -3.79. The van der Waals surface area contributed by atoms with Crippen LogP contribution in [0.15, 0.2) is 23.1 Å². The van der Waals surface area contributed by atoms with E-state index >= 15 is 0 Å². The van der Waals surface area contributed by atoms with E-state index in [9.17, 15) is 13.2 Å². The highest BCUT2D eigenvalue weighted by atomic mass is 35.5. The largest absolute Gasteiger partial charge is 0.480 e. The molecule has 2 rings (SSSR count). The van der Waals surface area contributed by atoms with Gasteiger partial charge in [-0.25, -0.2) is 8.42 Å². The number of carboxylic acids is 1. The van der Waals surface area contributed by atoms with Crippen molar-refractivity contribution in [2.24, 2.45) is 5.73 Å². The van der Waals surface area contributed by atoms with Gasteiger partial charge in [-0.3, -0.25) is 4.79 Å². The van der Waals surface area contributed by atoms with Crippen LogP contribution in [0.3, 0.4) is 0 Å². The molecule has 1 saturated heterocycles. The van der Waals surface area contributed by atoms with E-state index in [1.54, 1.807) is 19.1 Å². The lowest BCUT2D eigenvalue weighted by Crippen LogP contribution is -2.50. The Labute approximate surface area is 122 Å². The lowest BCUT2D eigenvalue weighted by atomic mass is 10.0. The number of carboxylic acid groups (broad SMARTS) is 1. The van der Waals surface area contributed by atoms with Gasteiger partial charge in [-0.05, 0) is 31.0 Å². The van der Waals surface area contributed by atoms with Crippen LogP contribution in [-0.4, -0.2) is 42.4 Å². The minimum Gasteiger partial charge on any atom is -0.480 e. The minimum absolute atomic E-state index is 0.0804. The van der Waals surface area contributed by atoms with Crippen molar-refractivity contribution >= 4 is 27.6 Å². The van der Waals surface area contributed by atoms with Crippen LogP contribution >= 0.6 is 11.6 Å². The number of halogens is 1. The van der Waals surface area contributed by atoms with Crippen LogP contribution in [0.2, 0.25) is 5.02 Å². The van der Waals surface area contributed by atoms with Crippen molar-refractivity contribution < 1.29 is 18.3 Å². The first-order valence-electron chi connectivity index (χ1n) is 5.95. The number of hydrogen-bond donors (Lipinski definition) is 2. The lowest BCUT2D eigenvalue weighted by molar-refractivity contribution is -0.142. The third-order valence-electron chi connectivity index (χ3n) is 3.46. The number of hydrogen-bond acceptors (Lipinski definition) is 4. The zero-order chi connectivity index (χ0) is 15.1. The van der Waals surface area contributed by atoms with Gasteiger partial charge in [0, 0.05) is 18.1 Å². The molecule has 1 aromatic carbocycles. The van der Waals surface area contributed by atoms with Crippen LogP contribution in [0.25, 0.3) is 0 Å². The van der Waals surface area contributed by atoms with Crippen molar-refractivity contribution in [3.8, 4) is 0 Å². The quantitative estimate of drug-likeness (QED) is 0.859. The monoisotopic (exact) mass is 318 g/mol. The highest BCUT2D eigenvalue weighted by Crippen LogP contribution is 2.29. The zero-order valence-corrected chi connectivity index (χ0v) is 12.4. The summed E-state index contributed by atoms with van der Waals surface area (Å²) in [5.41, 5.74) is 4.73. The molecule has 1 aromatic rings. The van der Waals surface area contributed by atoms with Crippen molar-refractivity contribution in [3.63, 3.8) is 0 Å². The van der Waals surface area contributed by atoms with Gasteiger partial charge >= 0.3 is 5.97 Å². The number of nitrogens with two attached hydrogens (primary N) is 1. The Morgan fingerprint density at radius 3 is 2.70 bits per heavy atom. The van der Waals surface area contributed by atoms with E-state index in [0.29, 0.717) is 10.6 Å². The summed E-state index contributed by atoms with van der Waals surface area (Å²) in [5.74, 6) is -1.20. The molecule has 20 heavy (non-hydrogen) atoms. The van der Waals surface area contributed by atoms with Gasteiger partial charge < -0.3 is 10.8 Å². The van der Waals surface area contributed by atoms with Gasteiger partial charge in [-0.15, -0.1) is 0 Å². The second kappa shape index (κ2) is 5.00. The Morgan fingerprint density at radius 1 is 1.50 bits per heavy atom. The van der Waals surface area contributed by atoms with E-state index in [4.69, 9.17) is 22.4 Å². The van der Waals surface area contributed by atoms with Crippen LogP contribution < -0.4 is 5.73 Å². The fourth-order valence-electron chi connectivity index (χ4n) is 2.17. The summed E-state index contributed by atoms with van der Waals surface area (Å²) in [4.78, 5) is 11.2. The molecule has 1 unspecified atom stereocenters. The van der Waals surface area contributed by atoms with Crippen molar-refractivity contribution in [3.05, 3.63) is 28.8 Å².